The Morgan fingerprint density at radius 2 is 1.94 bits per heavy atom. The minimum atomic E-state index is -0.144. The largest absolute Gasteiger partial charge is 0.330 e. The van der Waals surface area contributed by atoms with Crippen LogP contribution in [0.5, 0.6) is 0 Å². The first-order valence-electron chi connectivity index (χ1n) is 10.8. The molecular weight excluding hydrogens is 390 g/mol. The van der Waals surface area contributed by atoms with Crippen molar-refractivity contribution in [3.63, 3.8) is 0 Å². The molecule has 1 aromatic carbocycles. The summed E-state index contributed by atoms with van der Waals surface area (Å²) in [4.78, 5) is 32.8. The zero-order chi connectivity index (χ0) is 21.5. The molecule has 1 aliphatic rings. The number of likely N-dealkylation sites (tertiary alicyclic amines) is 1. The summed E-state index contributed by atoms with van der Waals surface area (Å²) in [5.74, 6) is 0.173. The topological polar surface area (TPSA) is 72.5 Å². The van der Waals surface area contributed by atoms with E-state index in [4.69, 9.17) is 0 Å². The van der Waals surface area contributed by atoms with Crippen LogP contribution in [0.2, 0.25) is 0 Å². The molecule has 0 radical (unpaired) electrons. The number of fused-ring (bicyclic) bond motifs is 3. The summed E-state index contributed by atoms with van der Waals surface area (Å²) >= 11 is 0. The number of hydrogen-bond donors (Lipinski definition) is 0. The predicted octanol–water partition coefficient (Wildman–Crippen LogP) is 3.68. The van der Waals surface area contributed by atoms with Crippen LogP contribution < -0.4 is 5.56 Å². The van der Waals surface area contributed by atoms with Crippen LogP contribution >= 0.6 is 0 Å². The zero-order valence-electron chi connectivity index (χ0n) is 17.7. The first kappa shape index (κ1) is 19.5. The summed E-state index contributed by atoms with van der Waals surface area (Å²) in [6.45, 7) is 5.45. The summed E-state index contributed by atoms with van der Waals surface area (Å²) in [5.41, 5.74) is 3.29. The molecular formula is C24H25N5O2. The van der Waals surface area contributed by atoms with Gasteiger partial charge in [0.25, 0.3) is 11.5 Å². The van der Waals surface area contributed by atoms with Gasteiger partial charge in [-0.05, 0) is 42.5 Å². The lowest BCUT2D eigenvalue weighted by Gasteiger charge is -2.23. The molecule has 31 heavy (non-hydrogen) atoms. The molecule has 4 heterocycles. The third kappa shape index (κ3) is 3.30. The van der Waals surface area contributed by atoms with E-state index in [9.17, 15) is 9.59 Å². The normalized spacial score (nSPS) is 16.6. The molecule has 0 bridgehead atoms. The molecule has 1 amide bonds. The molecule has 1 atom stereocenters. The van der Waals surface area contributed by atoms with Gasteiger partial charge in [-0.1, -0.05) is 32.0 Å². The molecule has 3 aromatic heterocycles. The van der Waals surface area contributed by atoms with Gasteiger partial charge in [-0.2, -0.15) is 5.10 Å². The highest BCUT2D eigenvalue weighted by Crippen LogP contribution is 2.32. The van der Waals surface area contributed by atoms with Crippen LogP contribution in [0.15, 0.2) is 59.7 Å². The fourth-order valence-corrected chi connectivity index (χ4v) is 4.56. The van der Waals surface area contributed by atoms with Gasteiger partial charge in [0.05, 0.1) is 17.1 Å². The van der Waals surface area contributed by atoms with Crippen LogP contribution in [0.3, 0.4) is 0 Å². The minimum Gasteiger partial charge on any atom is -0.330 e. The standard InChI is InChI=1S/C24H25N5O2/c1-16(2)15-28-20-8-3-4-9-21(20)29-22(24(28)31)13-18(26-29)23(30)27-12-6-10-19(27)17-7-5-11-25-14-17/h3-5,7-9,11,13-14,16,19H,6,10,12,15H2,1-2H3/t19-/m1/s1. The van der Waals surface area contributed by atoms with E-state index in [1.807, 2.05) is 47.5 Å². The van der Waals surface area contributed by atoms with Crippen molar-refractivity contribution in [3.8, 4) is 0 Å². The molecule has 4 aromatic rings. The SMILES string of the molecule is CC(C)Cn1c(=O)c2cc(C(=O)N3CCC[C@@H]3c3cccnc3)nn2c2ccccc21. The number of benzene rings is 1. The van der Waals surface area contributed by atoms with E-state index in [2.05, 4.69) is 23.9 Å². The van der Waals surface area contributed by atoms with Crippen LogP contribution in [0, 0.1) is 5.92 Å². The molecule has 0 unspecified atom stereocenters. The van der Waals surface area contributed by atoms with Gasteiger partial charge in [0.2, 0.25) is 0 Å². The maximum Gasteiger partial charge on any atom is 0.277 e. The Morgan fingerprint density at radius 1 is 1.13 bits per heavy atom. The Hall–Kier alpha value is -3.48. The average Bonchev–Trinajstić information content (AvgIpc) is 3.44. The second kappa shape index (κ2) is 7.65. The average molecular weight is 415 g/mol. The van der Waals surface area contributed by atoms with Crippen molar-refractivity contribution < 1.29 is 4.79 Å². The number of carbonyl (C=O) groups is 1. The molecule has 1 fully saturated rings. The van der Waals surface area contributed by atoms with Crippen molar-refractivity contribution in [1.29, 1.82) is 0 Å². The van der Waals surface area contributed by atoms with E-state index in [0.717, 1.165) is 29.4 Å². The van der Waals surface area contributed by atoms with Gasteiger partial charge in [-0.15, -0.1) is 0 Å². The fourth-order valence-electron chi connectivity index (χ4n) is 4.56. The first-order chi connectivity index (χ1) is 15.0. The number of rotatable bonds is 4. The summed E-state index contributed by atoms with van der Waals surface area (Å²) < 4.78 is 3.41. The van der Waals surface area contributed by atoms with Crippen LogP contribution in [0.1, 0.15) is 48.8 Å². The van der Waals surface area contributed by atoms with Crippen molar-refractivity contribution >= 4 is 22.5 Å². The van der Waals surface area contributed by atoms with Gasteiger partial charge >= 0.3 is 0 Å². The molecule has 5 rings (SSSR count). The number of aromatic nitrogens is 4. The number of carbonyl (C=O) groups excluding carboxylic acids is 1. The van der Waals surface area contributed by atoms with Gasteiger partial charge in [-0.3, -0.25) is 14.6 Å². The van der Waals surface area contributed by atoms with E-state index >= 15 is 0 Å². The highest BCUT2D eigenvalue weighted by molar-refractivity contribution is 5.94. The summed E-state index contributed by atoms with van der Waals surface area (Å²) in [6, 6.07) is 13.2. The monoisotopic (exact) mass is 415 g/mol. The van der Waals surface area contributed by atoms with E-state index in [0.29, 0.717) is 30.2 Å². The number of para-hydroxylation sites is 2. The molecule has 1 saturated heterocycles. The van der Waals surface area contributed by atoms with Crippen molar-refractivity contribution in [2.45, 2.75) is 39.3 Å². The summed E-state index contributed by atoms with van der Waals surface area (Å²) in [7, 11) is 0. The van der Waals surface area contributed by atoms with E-state index in [1.165, 1.54) is 0 Å². The highest BCUT2D eigenvalue weighted by atomic mass is 16.2. The van der Waals surface area contributed by atoms with Crippen molar-refractivity contribution in [2.75, 3.05) is 6.54 Å². The number of hydrogen-bond acceptors (Lipinski definition) is 4. The lowest BCUT2D eigenvalue weighted by Crippen LogP contribution is -2.31. The number of nitrogens with zero attached hydrogens (tertiary/aromatic N) is 5. The van der Waals surface area contributed by atoms with Crippen LogP contribution in [-0.2, 0) is 6.54 Å². The van der Waals surface area contributed by atoms with E-state index < -0.39 is 0 Å². The van der Waals surface area contributed by atoms with Gasteiger partial charge in [0.15, 0.2) is 5.69 Å². The first-order valence-corrected chi connectivity index (χ1v) is 10.8. The fraction of sp³-hybridized carbons (Fsp3) is 0.333. The van der Waals surface area contributed by atoms with Gasteiger partial charge in [-0.25, -0.2) is 4.52 Å². The van der Waals surface area contributed by atoms with Gasteiger partial charge in [0, 0.05) is 31.5 Å². The van der Waals surface area contributed by atoms with Crippen molar-refractivity contribution in [1.82, 2.24) is 24.1 Å². The van der Waals surface area contributed by atoms with Gasteiger partial charge in [0.1, 0.15) is 5.52 Å². The van der Waals surface area contributed by atoms with Crippen LogP contribution in [0.25, 0.3) is 16.6 Å². The zero-order valence-corrected chi connectivity index (χ0v) is 17.7. The Labute approximate surface area is 179 Å². The van der Waals surface area contributed by atoms with E-state index in [1.54, 1.807) is 21.3 Å². The Kier molecular flexibility index (Phi) is 4.81. The molecule has 1 aliphatic heterocycles. The quantitative estimate of drug-likeness (QED) is 0.510. The van der Waals surface area contributed by atoms with Crippen molar-refractivity contribution in [2.24, 2.45) is 5.92 Å². The Morgan fingerprint density at radius 3 is 2.68 bits per heavy atom. The third-order valence-corrected chi connectivity index (χ3v) is 5.92. The maximum absolute atomic E-state index is 13.4. The predicted molar refractivity (Wildman–Crippen MR) is 119 cm³/mol. The molecule has 7 nitrogen and oxygen atoms in total. The summed E-state index contributed by atoms with van der Waals surface area (Å²) in [6.07, 6.45) is 5.38. The molecule has 158 valence electrons. The molecule has 0 spiro atoms. The maximum atomic E-state index is 13.4. The second-order valence-corrected chi connectivity index (χ2v) is 8.57. The number of pyridine rings is 1. The second-order valence-electron chi connectivity index (χ2n) is 8.57. The van der Waals surface area contributed by atoms with Crippen LogP contribution in [-0.4, -0.2) is 36.5 Å². The minimum absolute atomic E-state index is 0.0136. The van der Waals surface area contributed by atoms with Crippen LogP contribution in [0.4, 0.5) is 0 Å². The Balaban J connectivity index is 1.62. The highest BCUT2D eigenvalue weighted by Gasteiger charge is 2.32. The Bertz CT molecular complexity index is 1320. The molecule has 0 aliphatic carbocycles. The smallest absolute Gasteiger partial charge is 0.277 e. The molecule has 0 saturated carbocycles. The lowest BCUT2D eigenvalue weighted by molar-refractivity contribution is 0.0729. The van der Waals surface area contributed by atoms with Crippen molar-refractivity contribution in [3.05, 3.63) is 76.5 Å². The summed E-state index contributed by atoms with van der Waals surface area (Å²) in [5, 5.41) is 4.59. The third-order valence-electron chi connectivity index (χ3n) is 5.92. The van der Waals surface area contributed by atoms with E-state index in [-0.39, 0.29) is 17.5 Å². The molecule has 7 heteroatoms. The lowest BCUT2D eigenvalue weighted by atomic mass is 10.1. The number of amides is 1. The molecule has 0 N–H and O–H groups in total. The van der Waals surface area contributed by atoms with Gasteiger partial charge < -0.3 is 9.47 Å².